The van der Waals surface area contributed by atoms with Gasteiger partial charge in [-0.15, -0.1) is 0 Å². The van der Waals surface area contributed by atoms with Crippen LogP contribution in [0.5, 0.6) is 23.0 Å². The van der Waals surface area contributed by atoms with Crippen molar-refractivity contribution in [2.24, 2.45) is 9.98 Å². The lowest BCUT2D eigenvalue weighted by molar-refractivity contribution is 0.373. The van der Waals surface area contributed by atoms with Crippen molar-refractivity contribution < 1.29 is 45.6 Å². The summed E-state index contributed by atoms with van der Waals surface area (Å²) in [6.07, 6.45) is 7.12. The quantitative estimate of drug-likeness (QED) is 0.0681. The minimum Gasteiger partial charge on any atom is -0.504 e. The molecule has 4 N–H and O–H groups in total. The molecule has 0 atom stereocenters. The average molecular weight is 839 g/mol. The van der Waals surface area contributed by atoms with Crippen molar-refractivity contribution in [3.8, 4) is 23.0 Å². The maximum absolute atomic E-state index is 13.0. The van der Waals surface area contributed by atoms with E-state index in [-0.39, 0.29) is 50.8 Å². The Morgan fingerprint density at radius 3 is 1.36 bits per heavy atom. The maximum Gasteiger partial charge on any atom is 0.263 e. The van der Waals surface area contributed by atoms with Crippen molar-refractivity contribution >= 4 is 66.6 Å². The van der Waals surface area contributed by atoms with Gasteiger partial charge >= 0.3 is 0 Å². The number of methoxy groups -OCH3 is 2. The fraction of sp³-hybridized carbons (Fsp3) is 0.122. The van der Waals surface area contributed by atoms with Gasteiger partial charge in [-0.2, -0.15) is 0 Å². The van der Waals surface area contributed by atoms with E-state index in [0.717, 1.165) is 0 Å². The number of benzene rings is 4. The molecule has 59 heavy (non-hydrogen) atoms. The molecule has 0 amide bonds. The normalized spacial score (nSPS) is 12.6. The number of aromatic hydroxyl groups is 2. The fourth-order valence-electron chi connectivity index (χ4n) is 5.39. The van der Waals surface area contributed by atoms with Crippen molar-refractivity contribution in [2.75, 3.05) is 23.7 Å². The highest BCUT2D eigenvalue weighted by atomic mass is 32.2. The second-order valence-electron chi connectivity index (χ2n) is 12.8. The number of phenols is 2. The summed E-state index contributed by atoms with van der Waals surface area (Å²) in [6.45, 7) is 3.28. The molecule has 0 aliphatic heterocycles. The van der Waals surface area contributed by atoms with E-state index in [9.17, 15) is 27.0 Å². The van der Waals surface area contributed by atoms with E-state index in [4.69, 9.17) is 28.5 Å². The van der Waals surface area contributed by atoms with Crippen LogP contribution in [-0.4, -0.2) is 63.0 Å². The zero-order valence-corrected chi connectivity index (χ0v) is 33.7. The highest BCUT2D eigenvalue weighted by Crippen LogP contribution is 2.29. The Bertz CT molecular complexity index is 2600. The van der Waals surface area contributed by atoms with Crippen molar-refractivity contribution in [3.05, 3.63) is 132 Å². The smallest absolute Gasteiger partial charge is 0.263 e. The number of anilines is 2. The molecule has 6 aromatic rings. The summed E-state index contributed by atoms with van der Waals surface area (Å²) in [4.78, 5) is 9.63. The Balaban J connectivity index is 1.37. The molecule has 6 rings (SSSR count). The summed E-state index contributed by atoms with van der Waals surface area (Å²) in [6, 6.07) is 24.4. The standard InChI is InChI=1S/C41H38N6O10S2/c1-26-21-40(44-56-26)46-58(50,51)34-15-11-30(12-16-34)42-32(9-5-28-7-19-36(48)38(23-28)54-3)25-33(10-6-29-8-20-37(49)39(24-29)55-4)43-31-13-17-35(18-14-31)59(52,53)47-41-22-27(2)57-45-41/h5-24,48-49H,25H2,1-4H3,(H,44,46)(H,45,47)/b9-5+,10-6+,42-32?,43-33?. The third-order valence-corrected chi connectivity index (χ3v) is 11.0. The van der Waals surface area contributed by atoms with Crippen molar-refractivity contribution in [3.63, 3.8) is 0 Å². The minimum atomic E-state index is -3.99. The van der Waals surface area contributed by atoms with Gasteiger partial charge in [-0.3, -0.25) is 19.4 Å². The van der Waals surface area contributed by atoms with Gasteiger partial charge in [0.05, 0.1) is 35.4 Å². The number of allylic oxidation sites excluding steroid dienone is 2. The van der Waals surface area contributed by atoms with Crippen molar-refractivity contribution in [1.82, 2.24) is 10.3 Å². The maximum atomic E-state index is 13.0. The molecule has 0 fully saturated rings. The van der Waals surface area contributed by atoms with Crippen LogP contribution in [0.4, 0.5) is 23.0 Å². The molecule has 0 aliphatic rings. The molecule has 0 aliphatic carbocycles. The van der Waals surface area contributed by atoms with Crippen LogP contribution in [0.2, 0.25) is 0 Å². The first-order valence-electron chi connectivity index (χ1n) is 17.6. The second-order valence-corrected chi connectivity index (χ2v) is 16.1. The van der Waals surface area contributed by atoms with Gasteiger partial charge < -0.3 is 28.7 Å². The summed E-state index contributed by atoms with van der Waals surface area (Å²) in [7, 11) is -5.10. The predicted octanol–water partition coefficient (Wildman–Crippen LogP) is 7.97. The van der Waals surface area contributed by atoms with Gasteiger partial charge in [-0.25, -0.2) is 16.8 Å². The number of hydrogen-bond acceptors (Lipinski definition) is 14. The van der Waals surface area contributed by atoms with E-state index in [1.807, 2.05) is 0 Å². The SMILES string of the molecule is COc1cc(/C=C/C(CC(/C=C/c2ccc(O)c(OC)c2)=Nc2ccc(S(=O)(=O)Nc3cc(C)on3)cc2)=Nc2ccc(S(=O)(=O)Nc3cc(C)on3)cc2)ccc1O. The Morgan fingerprint density at radius 2 is 1.02 bits per heavy atom. The molecule has 304 valence electrons. The molecule has 2 heterocycles. The third kappa shape index (κ3) is 11.0. The molecule has 0 unspecified atom stereocenters. The van der Waals surface area contributed by atoms with Gasteiger partial charge in [0, 0.05) is 30.0 Å². The van der Waals surface area contributed by atoms with Gasteiger partial charge in [-0.1, -0.05) is 34.6 Å². The molecule has 0 spiro atoms. The van der Waals surface area contributed by atoms with E-state index >= 15 is 0 Å². The van der Waals surface area contributed by atoms with Gasteiger partial charge in [-0.05, 0) is 110 Å². The van der Waals surface area contributed by atoms with Gasteiger partial charge in [0.2, 0.25) is 0 Å². The van der Waals surface area contributed by atoms with Crippen LogP contribution in [-0.2, 0) is 20.0 Å². The highest BCUT2D eigenvalue weighted by Gasteiger charge is 2.18. The molecule has 18 heteroatoms. The molecule has 0 saturated heterocycles. The second kappa shape index (κ2) is 18.0. The zero-order valence-electron chi connectivity index (χ0n) is 32.0. The number of rotatable bonds is 16. The first-order valence-corrected chi connectivity index (χ1v) is 20.5. The highest BCUT2D eigenvalue weighted by molar-refractivity contribution is 7.93. The lowest BCUT2D eigenvalue weighted by atomic mass is 10.1. The third-order valence-electron chi connectivity index (χ3n) is 8.28. The van der Waals surface area contributed by atoms with Crippen LogP contribution in [0.25, 0.3) is 12.2 Å². The number of aliphatic imine (C=N–C) groups is 2. The van der Waals surface area contributed by atoms with Gasteiger partial charge in [0.1, 0.15) is 11.5 Å². The molecule has 4 aromatic carbocycles. The summed E-state index contributed by atoms with van der Waals surface area (Å²) >= 11 is 0. The van der Waals surface area contributed by atoms with Crippen LogP contribution >= 0.6 is 0 Å². The number of aromatic nitrogens is 2. The zero-order chi connectivity index (χ0) is 42.2. The summed E-state index contributed by atoms with van der Waals surface area (Å²) in [5.41, 5.74) is 3.14. The first-order chi connectivity index (χ1) is 28.2. The topological polar surface area (TPSA) is 228 Å². The summed E-state index contributed by atoms with van der Waals surface area (Å²) in [5.74, 6) is 1.44. The number of nitrogens with one attached hydrogen (secondary N) is 2. The molecular formula is C41H38N6O10S2. The van der Waals surface area contributed by atoms with E-state index < -0.39 is 20.0 Å². The summed E-state index contributed by atoms with van der Waals surface area (Å²) < 4.78 is 77.4. The minimum absolute atomic E-state index is 0.0308. The van der Waals surface area contributed by atoms with Gasteiger partial charge in [0.25, 0.3) is 20.0 Å². The number of aryl methyl sites for hydroxylation is 2. The largest absolute Gasteiger partial charge is 0.504 e. The van der Waals surface area contributed by atoms with Crippen LogP contribution in [0.1, 0.15) is 29.1 Å². The van der Waals surface area contributed by atoms with E-state index in [1.54, 1.807) is 86.7 Å². The van der Waals surface area contributed by atoms with Crippen LogP contribution in [0, 0.1) is 13.8 Å². The predicted molar refractivity (Wildman–Crippen MR) is 223 cm³/mol. The number of hydrogen-bond donors (Lipinski definition) is 4. The number of sulfonamides is 2. The number of nitrogens with zero attached hydrogens (tertiary/aromatic N) is 4. The fourth-order valence-corrected chi connectivity index (χ4v) is 7.36. The molecule has 0 radical (unpaired) electrons. The molecule has 2 aromatic heterocycles. The summed E-state index contributed by atoms with van der Waals surface area (Å²) in [5, 5.41) is 27.7. The van der Waals surface area contributed by atoms with Crippen molar-refractivity contribution in [1.29, 1.82) is 0 Å². The Labute approximate surface area is 340 Å². The van der Waals surface area contributed by atoms with Gasteiger partial charge in [0.15, 0.2) is 34.6 Å². The molecular weight excluding hydrogens is 801 g/mol. The molecule has 0 saturated carbocycles. The number of phenolic OH excluding ortho intramolecular Hbond substituents is 2. The monoisotopic (exact) mass is 838 g/mol. The first kappa shape index (κ1) is 41.5. The van der Waals surface area contributed by atoms with E-state index in [1.165, 1.54) is 62.8 Å². The van der Waals surface area contributed by atoms with E-state index in [0.29, 0.717) is 45.4 Å². The van der Waals surface area contributed by atoms with Crippen LogP contribution in [0.15, 0.2) is 138 Å². The van der Waals surface area contributed by atoms with Crippen LogP contribution < -0.4 is 18.9 Å². The molecule has 0 bridgehead atoms. The Hall–Kier alpha value is -7.18. The average Bonchev–Trinajstić information content (AvgIpc) is 3.82. The van der Waals surface area contributed by atoms with E-state index in [2.05, 4.69) is 19.8 Å². The molecule has 16 nitrogen and oxygen atoms in total. The lowest BCUT2D eigenvalue weighted by Gasteiger charge is -2.08. The Morgan fingerprint density at radius 1 is 0.627 bits per heavy atom. The number of ether oxygens (including phenoxy) is 2. The lowest BCUT2D eigenvalue weighted by Crippen LogP contribution is -2.12. The van der Waals surface area contributed by atoms with Crippen molar-refractivity contribution in [2.45, 2.75) is 30.1 Å². The van der Waals surface area contributed by atoms with Crippen LogP contribution in [0.3, 0.4) is 0 Å². The Kier molecular flexibility index (Phi) is 12.6.